The van der Waals surface area contributed by atoms with Crippen LogP contribution in [-0.4, -0.2) is 36.7 Å². The monoisotopic (exact) mass is 491 g/mol. The second kappa shape index (κ2) is 9.44. The molecule has 0 saturated carbocycles. The molecule has 2 aromatic carbocycles. The van der Waals surface area contributed by atoms with Crippen molar-refractivity contribution in [1.29, 1.82) is 0 Å². The van der Waals surface area contributed by atoms with Crippen LogP contribution < -0.4 is 10.1 Å². The van der Waals surface area contributed by atoms with Crippen LogP contribution in [0, 0.1) is 0 Å². The zero-order valence-corrected chi connectivity index (χ0v) is 19.0. The number of imidazole rings is 1. The maximum absolute atomic E-state index is 12.7. The average Bonchev–Trinajstić information content (AvgIpc) is 3.11. The molecule has 9 heteroatoms. The molecule has 0 bridgehead atoms. The number of nitrogens with zero attached hydrogens (tertiary/aromatic N) is 2. The summed E-state index contributed by atoms with van der Waals surface area (Å²) < 4.78 is 32.9. The quantitative estimate of drug-likeness (QED) is 0.522. The molecule has 30 heavy (non-hydrogen) atoms. The van der Waals surface area contributed by atoms with Gasteiger partial charge in [0.05, 0.1) is 12.9 Å². The van der Waals surface area contributed by atoms with Crippen molar-refractivity contribution in [1.82, 2.24) is 14.9 Å². The van der Waals surface area contributed by atoms with E-state index < -0.39 is 27.5 Å². The summed E-state index contributed by atoms with van der Waals surface area (Å²) in [5.74, 6) is -0.140. The highest BCUT2D eigenvalue weighted by molar-refractivity contribution is 9.10. The number of hydrogen-bond donors (Lipinski definition) is 1. The Morgan fingerprint density at radius 3 is 2.57 bits per heavy atom. The standard InChI is InChI=1S/C21H22BrN3O4S/c1-25-11-10-23-21(25)20(16-6-8-18(29-2)9-7-16)24-19(26)14-30(27,28)13-15-4-3-5-17(22)12-15/h3-12,20H,13-14H2,1-2H3,(H,24,26). The van der Waals surface area contributed by atoms with Gasteiger partial charge in [-0.25, -0.2) is 13.4 Å². The third kappa shape index (κ3) is 5.70. The van der Waals surface area contributed by atoms with Gasteiger partial charge in [0, 0.05) is 23.9 Å². The second-order valence-electron chi connectivity index (χ2n) is 6.83. The van der Waals surface area contributed by atoms with Crippen molar-refractivity contribution in [3.05, 3.63) is 82.3 Å². The van der Waals surface area contributed by atoms with E-state index in [1.807, 2.05) is 25.2 Å². The Morgan fingerprint density at radius 2 is 1.97 bits per heavy atom. The minimum Gasteiger partial charge on any atom is -0.497 e. The average molecular weight is 492 g/mol. The zero-order valence-electron chi connectivity index (χ0n) is 16.6. The lowest BCUT2D eigenvalue weighted by molar-refractivity contribution is -0.119. The fourth-order valence-corrected chi connectivity index (χ4v) is 4.80. The molecule has 3 rings (SSSR count). The third-order valence-electron chi connectivity index (χ3n) is 4.50. The van der Waals surface area contributed by atoms with Gasteiger partial charge in [0.15, 0.2) is 9.84 Å². The molecular weight excluding hydrogens is 470 g/mol. The molecule has 158 valence electrons. The van der Waals surface area contributed by atoms with Crippen molar-refractivity contribution in [3.63, 3.8) is 0 Å². The number of methoxy groups -OCH3 is 1. The predicted molar refractivity (Wildman–Crippen MR) is 118 cm³/mol. The molecule has 3 aromatic rings. The molecule has 1 amide bonds. The molecule has 0 radical (unpaired) electrons. The van der Waals surface area contributed by atoms with Gasteiger partial charge in [-0.05, 0) is 35.4 Å². The summed E-state index contributed by atoms with van der Waals surface area (Å²) in [7, 11) is -0.261. The minimum atomic E-state index is -3.65. The van der Waals surface area contributed by atoms with Crippen molar-refractivity contribution in [2.24, 2.45) is 7.05 Å². The maximum Gasteiger partial charge on any atom is 0.236 e. The largest absolute Gasteiger partial charge is 0.497 e. The molecule has 0 saturated heterocycles. The summed E-state index contributed by atoms with van der Waals surface area (Å²) in [6, 6.07) is 13.6. The number of aryl methyl sites for hydroxylation is 1. The van der Waals surface area contributed by atoms with Crippen molar-refractivity contribution in [3.8, 4) is 5.75 Å². The van der Waals surface area contributed by atoms with E-state index in [9.17, 15) is 13.2 Å². The highest BCUT2D eigenvalue weighted by Gasteiger charge is 2.24. The smallest absolute Gasteiger partial charge is 0.236 e. The van der Waals surface area contributed by atoms with Crippen LogP contribution in [-0.2, 0) is 27.4 Å². The van der Waals surface area contributed by atoms with Crippen molar-refractivity contribution in [2.45, 2.75) is 11.8 Å². The van der Waals surface area contributed by atoms with Gasteiger partial charge in [-0.2, -0.15) is 0 Å². The van der Waals surface area contributed by atoms with E-state index >= 15 is 0 Å². The second-order valence-corrected chi connectivity index (χ2v) is 9.81. The minimum absolute atomic E-state index is 0.213. The lowest BCUT2D eigenvalue weighted by Gasteiger charge is -2.19. The molecule has 1 atom stereocenters. The van der Waals surface area contributed by atoms with Crippen LogP contribution in [0.5, 0.6) is 5.75 Å². The van der Waals surface area contributed by atoms with Crippen LogP contribution in [0.2, 0.25) is 0 Å². The first kappa shape index (κ1) is 22.0. The molecule has 1 heterocycles. The number of benzene rings is 2. The molecule has 0 aliphatic rings. The van der Waals surface area contributed by atoms with E-state index in [1.54, 1.807) is 54.4 Å². The van der Waals surface area contributed by atoms with E-state index in [0.717, 1.165) is 10.0 Å². The topological polar surface area (TPSA) is 90.3 Å². The highest BCUT2D eigenvalue weighted by Crippen LogP contribution is 2.23. The van der Waals surface area contributed by atoms with Crippen LogP contribution in [0.3, 0.4) is 0 Å². The molecule has 1 N–H and O–H groups in total. The first-order valence-corrected chi connectivity index (χ1v) is 11.7. The summed E-state index contributed by atoms with van der Waals surface area (Å²) in [6.07, 6.45) is 3.39. The zero-order chi connectivity index (χ0) is 21.7. The summed E-state index contributed by atoms with van der Waals surface area (Å²) >= 11 is 3.33. The molecular formula is C21H22BrN3O4S. The number of sulfone groups is 1. The Balaban J connectivity index is 1.78. The first-order valence-electron chi connectivity index (χ1n) is 9.13. The third-order valence-corrected chi connectivity index (χ3v) is 6.47. The summed E-state index contributed by atoms with van der Waals surface area (Å²) in [6.45, 7) is 0. The van der Waals surface area contributed by atoms with Gasteiger partial charge in [0.2, 0.25) is 5.91 Å². The van der Waals surface area contributed by atoms with Crippen LogP contribution in [0.4, 0.5) is 0 Å². The predicted octanol–water partition coefficient (Wildman–Crippen LogP) is 3.01. The molecule has 7 nitrogen and oxygen atoms in total. The molecule has 0 aliphatic heterocycles. The number of nitrogens with one attached hydrogen (secondary N) is 1. The van der Waals surface area contributed by atoms with E-state index in [0.29, 0.717) is 17.1 Å². The SMILES string of the molecule is COc1ccc(C(NC(=O)CS(=O)(=O)Cc2cccc(Br)c2)c2nccn2C)cc1. The number of halogens is 1. The number of carbonyl (C=O) groups is 1. The lowest BCUT2D eigenvalue weighted by atomic mass is 10.1. The van der Waals surface area contributed by atoms with E-state index in [-0.39, 0.29) is 5.75 Å². The first-order chi connectivity index (χ1) is 14.3. The highest BCUT2D eigenvalue weighted by atomic mass is 79.9. The maximum atomic E-state index is 12.7. The van der Waals surface area contributed by atoms with Gasteiger partial charge in [0.1, 0.15) is 23.4 Å². The van der Waals surface area contributed by atoms with Gasteiger partial charge in [-0.3, -0.25) is 4.79 Å². The van der Waals surface area contributed by atoms with Gasteiger partial charge in [0.25, 0.3) is 0 Å². The molecule has 1 unspecified atom stereocenters. The van der Waals surface area contributed by atoms with Gasteiger partial charge in [-0.15, -0.1) is 0 Å². The number of aromatic nitrogens is 2. The van der Waals surface area contributed by atoms with Crippen molar-refractivity contribution >= 4 is 31.7 Å². The molecule has 0 aliphatic carbocycles. The number of carbonyl (C=O) groups excluding carboxylic acids is 1. The Hall–Kier alpha value is -2.65. The summed E-state index contributed by atoms with van der Waals surface area (Å²) in [5.41, 5.74) is 1.39. The van der Waals surface area contributed by atoms with Gasteiger partial charge >= 0.3 is 0 Å². The summed E-state index contributed by atoms with van der Waals surface area (Å²) in [4.78, 5) is 17.0. The summed E-state index contributed by atoms with van der Waals surface area (Å²) in [5, 5.41) is 2.82. The number of rotatable bonds is 8. The van der Waals surface area contributed by atoms with Gasteiger partial charge in [-0.1, -0.05) is 40.2 Å². The Labute approximate surface area is 184 Å². The fraction of sp³-hybridized carbons (Fsp3) is 0.238. The van der Waals surface area contributed by atoms with Gasteiger partial charge < -0.3 is 14.6 Å². The van der Waals surface area contributed by atoms with E-state index in [2.05, 4.69) is 26.2 Å². The van der Waals surface area contributed by atoms with Crippen LogP contribution in [0.15, 0.2) is 65.4 Å². The normalized spacial score (nSPS) is 12.4. The number of amides is 1. The lowest BCUT2D eigenvalue weighted by Crippen LogP contribution is -2.35. The number of ether oxygens (including phenoxy) is 1. The van der Waals surface area contributed by atoms with Crippen LogP contribution >= 0.6 is 15.9 Å². The van der Waals surface area contributed by atoms with Crippen LogP contribution in [0.1, 0.15) is 23.0 Å². The van der Waals surface area contributed by atoms with Crippen molar-refractivity contribution < 1.29 is 17.9 Å². The van der Waals surface area contributed by atoms with Crippen molar-refractivity contribution in [2.75, 3.05) is 12.9 Å². The van der Waals surface area contributed by atoms with E-state index in [1.165, 1.54) is 0 Å². The molecule has 0 spiro atoms. The van der Waals surface area contributed by atoms with Crippen LogP contribution in [0.25, 0.3) is 0 Å². The molecule has 1 aromatic heterocycles. The molecule has 0 fully saturated rings. The Bertz CT molecular complexity index is 1130. The Kier molecular flexibility index (Phi) is 6.94. The van der Waals surface area contributed by atoms with E-state index in [4.69, 9.17) is 4.74 Å². The number of hydrogen-bond acceptors (Lipinski definition) is 5. The Morgan fingerprint density at radius 1 is 1.23 bits per heavy atom. The fourth-order valence-electron chi connectivity index (χ4n) is 3.08.